The Balaban J connectivity index is 3.36. The molecule has 0 unspecified atom stereocenters. The summed E-state index contributed by atoms with van der Waals surface area (Å²) in [6.45, 7) is 2.25. The molecule has 0 atom stereocenters. The third kappa shape index (κ3) is 3.31. The van der Waals surface area contributed by atoms with Gasteiger partial charge in [0.05, 0.1) is 9.82 Å². The first kappa shape index (κ1) is 16.1. The standard InChI is InChI=1S/C11H14N2O6S/c1-3-12(7-11(14)15)20(18,19)10-6-9(13(16)17)5-4-8(10)2/h4-6H,3,7H2,1-2H3,(H,14,15). The molecule has 8 nitrogen and oxygen atoms in total. The van der Waals surface area contributed by atoms with Crippen LogP contribution in [0.4, 0.5) is 5.69 Å². The van der Waals surface area contributed by atoms with Gasteiger partial charge < -0.3 is 5.11 Å². The van der Waals surface area contributed by atoms with Crippen molar-refractivity contribution < 1.29 is 23.2 Å². The van der Waals surface area contributed by atoms with Crippen molar-refractivity contribution in [3.63, 3.8) is 0 Å². The number of carboxylic acids is 1. The van der Waals surface area contributed by atoms with Crippen LogP contribution >= 0.6 is 0 Å². The lowest BCUT2D eigenvalue weighted by molar-refractivity contribution is -0.385. The minimum Gasteiger partial charge on any atom is -0.480 e. The van der Waals surface area contributed by atoms with Gasteiger partial charge in [0.1, 0.15) is 6.54 Å². The Morgan fingerprint density at radius 2 is 2.05 bits per heavy atom. The second-order valence-corrected chi connectivity index (χ2v) is 5.94. The average Bonchev–Trinajstić information content (AvgIpc) is 2.35. The molecule has 0 aliphatic heterocycles. The highest BCUT2D eigenvalue weighted by Gasteiger charge is 2.28. The molecule has 0 bridgehead atoms. The zero-order chi connectivity index (χ0) is 15.5. The summed E-state index contributed by atoms with van der Waals surface area (Å²) in [6.07, 6.45) is 0. The lowest BCUT2D eigenvalue weighted by Gasteiger charge is -2.19. The van der Waals surface area contributed by atoms with Crippen LogP contribution in [0.5, 0.6) is 0 Å². The topological polar surface area (TPSA) is 118 Å². The Hall–Kier alpha value is -2.00. The molecule has 0 fully saturated rings. The van der Waals surface area contributed by atoms with E-state index in [2.05, 4.69) is 0 Å². The highest BCUT2D eigenvalue weighted by molar-refractivity contribution is 7.89. The molecule has 9 heteroatoms. The molecule has 1 rings (SSSR count). The lowest BCUT2D eigenvalue weighted by atomic mass is 10.2. The van der Waals surface area contributed by atoms with E-state index in [1.54, 1.807) is 0 Å². The van der Waals surface area contributed by atoms with Crippen LogP contribution in [0.25, 0.3) is 0 Å². The molecule has 0 aliphatic rings. The lowest BCUT2D eigenvalue weighted by Crippen LogP contribution is -2.35. The summed E-state index contributed by atoms with van der Waals surface area (Å²) in [5.41, 5.74) is -0.0417. The van der Waals surface area contributed by atoms with E-state index < -0.39 is 27.5 Å². The zero-order valence-electron chi connectivity index (χ0n) is 10.9. The molecule has 0 radical (unpaired) electrons. The molecule has 110 valence electrons. The number of nitrogens with zero attached hydrogens (tertiary/aromatic N) is 2. The molecule has 0 aliphatic carbocycles. The number of sulfonamides is 1. The largest absolute Gasteiger partial charge is 0.480 e. The van der Waals surface area contributed by atoms with Crippen LogP contribution in [-0.4, -0.2) is 41.8 Å². The van der Waals surface area contributed by atoms with Gasteiger partial charge in [-0.1, -0.05) is 13.0 Å². The number of aryl methyl sites for hydroxylation is 1. The summed E-state index contributed by atoms with van der Waals surface area (Å²) < 4.78 is 25.4. The van der Waals surface area contributed by atoms with E-state index in [1.807, 2.05) is 0 Å². The number of benzene rings is 1. The van der Waals surface area contributed by atoms with Crippen molar-refractivity contribution >= 4 is 21.7 Å². The predicted molar refractivity (Wildman–Crippen MR) is 69.9 cm³/mol. The number of nitro benzene ring substituents is 1. The minimum absolute atomic E-state index is 0.0449. The number of carbonyl (C=O) groups is 1. The Bertz CT molecular complexity index is 640. The van der Waals surface area contributed by atoms with Gasteiger partial charge in [0.15, 0.2) is 0 Å². The Morgan fingerprint density at radius 3 is 2.50 bits per heavy atom. The van der Waals surface area contributed by atoms with Gasteiger partial charge in [-0.25, -0.2) is 8.42 Å². The molecule has 20 heavy (non-hydrogen) atoms. The molecular weight excluding hydrogens is 288 g/mol. The number of rotatable bonds is 6. The molecular formula is C11H14N2O6S. The number of nitro groups is 1. The van der Waals surface area contributed by atoms with Crippen molar-refractivity contribution in [2.75, 3.05) is 13.1 Å². The number of hydrogen-bond acceptors (Lipinski definition) is 5. The SMILES string of the molecule is CCN(CC(=O)O)S(=O)(=O)c1cc([N+](=O)[O-])ccc1C. The fourth-order valence-electron chi connectivity index (χ4n) is 1.64. The molecule has 0 spiro atoms. The quantitative estimate of drug-likeness (QED) is 0.618. The number of non-ortho nitro benzene ring substituents is 1. The first-order valence-corrected chi connectivity index (χ1v) is 7.11. The van der Waals surface area contributed by atoms with E-state index in [-0.39, 0.29) is 17.1 Å². The van der Waals surface area contributed by atoms with Gasteiger partial charge in [-0.05, 0) is 12.5 Å². The summed E-state index contributed by atoms with van der Waals surface area (Å²) in [7, 11) is -4.08. The van der Waals surface area contributed by atoms with Crippen LogP contribution in [0.3, 0.4) is 0 Å². The summed E-state index contributed by atoms with van der Waals surface area (Å²) in [4.78, 5) is 20.4. The smallest absolute Gasteiger partial charge is 0.318 e. The zero-order valence-corrected chi connectivity index (χ0v) is 11.8. The number of carboxylic acid groups (broad SMARTS) is 1. The van der Waals surface area contributed by atoms with Gasteiger partial charge in [-0.2, -0.15) is 4.31 Å². The maximum absolute atomic E-state index is 12.3. The summed E-state index contributed by atoms with van der Waals surface area (Å²) in [6, 6.07) is 3.45. The van der Waals surface area contributed by atoms with E-state index >= 15 is 0 Å². The van der Waals surface area contributed by atoms with Crippen LogP contribution in [-0.2, 0) is 14.8 Å². The van der Waals surface area contributed by atoms with Gasteiger partial charge in [-0.3, -0.25) is 14.9 Å². The maximum atomic E-state index is 12.3. The van der Waals surface area contributed by atoms with Gasteiger partial charge in [-0.15, -0.1) is 0 Å². The number of hydrogen-bond donors (Lipinski definition) is 1. The fraction of sp³-hybridized carbons (Fsp3) is 0.364. The maximum Gasteiger partial charge on any atom is 0.318 e. The van der Waals surface area contributed by atoms with Crippen molar-refractivity contribution in [3.8, 4) is 0 Å². The molecule has 0 heterocycles. The Morgan fingerprint density at radius 1 is 1.45 bits per heavy atom. The molecule has 1 aromatic carbocycles. The van der Waals surface area contributed by atoms with Crippen molar-refractivity contribution in [1.82, 2.24) is 4.31 Å². The van der Waals surface area contributed by atoms with E-state index in [1.165, 1.54) is 26.0 Å². The first-order valence-electron chi connectivity index (χ1n) is 5.67. The average molecular weight is 302 g/mol. The third-order valence-corrected chi connectivity index (χ3v) is 4.73. The highest BCUT2D eigenvalue weighted by Crippen LogP contribution is 2.24. The monoisotopic (exact) mass is 302 g/mol. The van der Waals surface area contributed by atoms with Crippen molar-refractivity contribution in [1.29, 1.82) is 0 Å². The van der Waals surface area contributed by atoms with E-state index in [9.17, 15) is 23.3 Å². The van der Waals surface area contributed by atoms with Crippen LogP contribution in [0, 0.1) is 17.0 Å². The predicted octanol–water partition coefficient (Wildman–Crippen LogP) is 0.998. The van der Waals surface area contributed by atoms with Crippen molar-refractivity contribution in [3.05, 3.63) is 33.9 Å². The molecule has 0 amide bonds. The second-order valence-electron chi connectivity index (χ2n) is 4.03. The van der Waals surface area contributed by atoms with Gasteiger partial charge in [0.2, 0.25) is 10.0 Å². The second kappa shape index (κ2) is 5.97. The molecule has 0 saturated heterocycles. The summed E-state index contributed by atoms with van der Waals surface area (Å²) in [5, 5.41) is 19.4. The van der Waals surface area contributed by atoms with Crippen LogP contribution in [0.2, 0.25) is 0 Å². The third-order valence-electron chi connectivity index (χ3n) is 2.66. The normalized spacial score (nSPS) is 11.6. The van der Waals surface area contributed by atoms with Gasteiger partial charge in [0, 0.05) is 18.7 Å². The van der Waals surface area contributed by atoms with Crippen LogP contribution in [0.1, 0.15) is 12.5 Å². The summed E-state index contributed by atoms with van der Waals surface area (Å²) in [5.74, 6) is -1.29. The molecule has 1 aromatic rings. The van der Waals surface area contributed by atoms with E-state index in [0.29, 0.717) is 5.56 Å². The van der Waals surface area contributed by atoms with Crippen LogP contribution in [0.15, 0.2) is 23.1 Å². The minimum atomic E-state index is -4.08. The summed E-state index contributed by atoms with van der Waals surface area (Å²) >= 11 is 0. The molecule has 0 aromatic heterocycles. The Kier molecular flexibility index (Phi) is 4.79. The van der Waals surface area contributed by atoms with Gasteiger partial charge >= 0.3 is 5.97 Å². The van der Waals surface area contributed by atoms with E-state index in [0.717, 1.165) is 10.4 Å². The first-order chi connectivity index (χ1) is 9.20. The molecule has 0 saturated carbocycles. The number of likely N-dealkylation sites (N-methyl/N-ethyl adjacent to an activating group) is 1. The number of aliphatic carboxylic acids is 1. The van der Waals surface area contributed by atoms with Crippen molar-refractivity contribution in [2.24, 2.45) is 0 Å². The fourth-order valence-corrected chi connectivity index (χ4v) is 3.28. The van der Waals surface area contributed by atoms with Crippen LogP contribution < -0.4 is 0 Å². The van der Waals surface area contributed by atoms with Crippen molar-refractivity contribution in [2.45, 2.75) is 18.7 Å². The molecule has 1 N–H and O–H groups in total. The Labute approximate surface area is 115 Å². The highest BCUT2D eigenvalue weighted by atomic mass is 32.2. The van der Waals surface area contributed by atoms with Gasteiger partial charge in [0.25, 0.3) is 5.69 Å². The van der Waals surface area contributed by atoms with E-state index in [4.69, 9.17) is 5.11 Å².